The van der Waals surface area contributed by atoms with E-state index in [1.54, 1.807) is 6.07 Å². The number of hydrogen-bond acceptors (Lipinski definition) is 6. The van der Waals surface area contributed by atoms with Crippen molar-refractivity contribution in [3.8, 4) is 28.8 Å². The number of ether oxygens (including phenoxy) is 2. The van der Waals surface area contributed by atoms with Gasteiger partial charge in [0.15, 0.2) is 5.82 Å². The largest absolute Gasteiger partial charge is 0.493 e. The van der Waals surface area contributed by atoms with E-state index in [1.165, 1.54) is 6.20 Å². The van der Waals surface area contributed by atoms with Crippen molar-refractivity contribution in [2.24, 2.45) is 11.7 Å². The molecule has 0 aliphatic carbocycles. The van der Waals surface area contributed by atoms with Gasteiger partial charge in [0.2, 0.25) is 5.82 Å². The lowest BCUT2D eigenvalue weighted by Gasteiger charge is -2.28. The molecule has 7 heteroatoms. The van der Waals surface area contributed by atoms with E-state index in [0.717, 1.165) is 49.0 Å². The van der Waals surface area contributed by atoms with Gasteiger partial charge in [-0.15, -0.1) is 0 Å². The standard InChI is InChI=1S/C26H29FN4O2/c1-31-13-10-20(11-14-31)18-32-22-8-3-7-21(16-22)25-29-17-24(27)26(30-25)33-23-9-2-5-19(15-23)6-4-12-28/h2-5,7-9,12,15-17,20H,6,10-11,13-14,18,28H2,1H3. The fraction of sp³-hybridized carbons (Fsp3) is 0.308. The molecule has 2 N–H and O–H groups in total. The second-order valence-electron chi connectivity index (χ2n) is 8.31. The second kappa shape index (κ2) is 10.9. The van der Waals surface area contributed by atoms with Gasteiger partial charge in [-0.25, -0.2) is 4.98 Å². The van der Waals surface area contributed by atoms with E-state index in [9.17, 15) is 4.39 Å². The van der Waals surface area contributed by atoms with E-state index in [1.807, 2.05) is 48.5 Å². The molecular weight excluding hydrogens is 419 g/mol. The van der Waals surface area contributed by atoms with Gasteiger partial charge in [0.05, 0.1) is 12.8 Å². The number of hydrogen-bond donors (Lipinski definition) is 1. The summed E-state index contributed by atoms with van der Waals surface area (Å²) in [5.41, 5.74) is 7.15. The topological polar surface area (TPSA) is 73.5 Å². The molecule has 1 aliphatic rings. The maximum Gasteiger partial charge on any atom is 0.259 e. The predicted molar refractivity (Wildman–Crippen MR) is 127 cm³/mol. The van der Waals surface area contributed by atoms with Crippen molar-refractivity contribution in [2.75, 3.05) is 26.7 Å². The number of benzene rings is 2. The Morgan fingerprint density at radius 3 is 2.73 bits per heavy atom. The maximum absolute atomic E-state index is 14.4. The Morgan fingerprint density at radius 1 is 1.12 bits per heavy atom. The van der Waals surface area contributed by atoms with Crippen LogP contribution < -0.4 is 15.2 Å². The van der Waals surface area contributed by atoms with Crippen LogP contribution in [0.3, 0.4) is 0 Å². The van der Waals surface area contributed by atoms with Crippen molar-refractivity contribution >= 4 is 0 Å². The van der Waals surface area contributed by atoms with Gasteiger partial charge in [0.25, 0.3) is 5.88 Å². The smallest absolute Gasteiger partial charge is 0.259 e. The van der Waals surface area contributed by atoms with Crippen LogP contribution in [0.4, 0.5) is 4.39 Å². The van der Waals surface area contributed by atoms with E-state index < -0.39 is 5.82 Å². The number of rotatable bonds is 8. The van der Waals surface area contributed by atoms with Crippen molar-refractivity contribution in [3.05, 3.63) is 78.4 Å². The first-order valence-corrected chi connectivity index (χ1v) is 11.2. The fourth-order valence-corrected chi connectivity index (χ4v) is 3.78. The zero-order valence-corrected chi connectivity index (χ0v) is 18.8. The van der Waals surface area contributed by atoms with Crippen molar-refractivity contribution in [3.63, 3.8) is 0 Å². The van der Waals surface area contributed by atoms with Gasteiger partial charge in [0, 0.05) is 5.56 Å². The lowest BCUT2D eigenvalue weighted by atomic mass is 9.98. The predicted octanol–water partition coefficient (Wildman–Crippen LogP) is 4.81. The van der Waals surface area contributed by atoms with Crippen LogP contribution in [0.1, 0.15) is 18.4 Å². The molecule has 1 saturated heterocycles. The number of halogens is 1. The zero-order chi connectivity index (χ0) is 23.0. The summed E-state index contributed by atoms with van der Waals surface area (Å²) in [4.78, 5) is 10.8. The summed E-state index contributed by atoms with van der Waals surface area (Å²) >= 11 is 0. The Hall–Kier alpha value is -3.45. The third kappa shape index (κ3) is 6.29. The molecule has 2 aromatic carbocycles. The van der Waals surface area contributed by atoms with Crippen molar-refractivity contribution in [1.82, 2.24) is 14.9 Å². The molecule has 33 heavy (non-hydrogen) atoms. The lowest BCUT2D eigenvalue weighted by Crippen LogP contribution is -2.32. The monoisotopic (exact) mass is 448 g/mol. The van der Waals surface area contributed by atoms with Crippen molar-refractivity contribution < 1.29 is 13.9 Å². The van der Waals surface area contributed by atoms with E-state index in [4.69, 9.17) is 15.2 Å². The highest BCUT2D eigenvalue weighted by molar-refractivity contribution is 5.58. The summed E-state index contributed by atoms with van der Waals surface area (Å²) in [7, 11) is 2.15. The molecule has 2 heterocycles. The first-order chi connectivity index (χ1) is 16.1. The molecule has 1 aliphatic heterocycles. The minimum atomic E-state index is -0.624. The molecule has 172 valence electrons. The molecule has 0 bridgehead atoms. The van der Waals surface area contributed by atoms with Crippen LogP contribution in [-0.4, -0.2) is 41.6 Å². The number of likely N-dealkylation sites (tertiary alicyclic amines) is 1. The SMILES string of the molecule is CN1CCC(COc2cccc(-c3ncc(F)c(Oc4cccc(CC=CN)c4)n3)c2)CC1. The highest BCUT2D eigenvalue weighted by Crippen LogP contribution is 2.28. The molecule has 0 atom stereocenters. The van der Waals surface area contributed by atoms with Crippen LogP contribution >= 0.6 is 0 Å². The zero-order valence-electron chi connectivity index (χ0n) is 18.8. The molecule has 0 unspecified atom stereocenters. The van der Waals surface area contributed by atoms with Crippen LogP contribution in [0.25, 0.3) is 11.4 Å². The van der Waals surface area contributed by atoms with Crippen molar-refractivity contribution in [1.29, 1.82) is 0 Å². The van der Waals surface area contributed by atoms with Gasteiger partial charge >= 0.3 is 0 Å². The normalized spacial score (nSPS) is 15.1. The highest BCUT2D eigenvalue weighted by Gasteiger charge is 2.17. The number of piperidine rings is 1. The Labute approximate surface area is 193 Å². The van der Waals surface area contributed by atoms with Gasteiger partial charge in [0.1, 0.15) is 11.5 Å². The first-order valence-electron chi connectivity index (χ1n) is 11.2. The summed E-state index contributed by atoms with van der Waals surface area (Å²) in [6, 6.07) is 14.9. The van der Waals surface area contributed by atoms with E-state index in [0.29, 0.717) is 30.5 Å². The molecule has 3 aromatic rings. The van der Waals surface area contributed by atoms with Gasteiger partial charge < -0.3 is 20.1 Å². The molecule has 0 saturated carbocycles. The van der Waals surface area contributed by atoms with Gasteiger partial charge in [-0.3, -0.25) is 0 Å². The summed E-state index contributed by atoms with van der Waals surface area (Å²) < 4.78 is 26.2. The molecule has 4 rings (SSSR count). The summed E-state index contributed by atoms with van der Waals surface area (Å²) in [5, 5.41) is 0. The van der Waals surface area contributed by atoms with Gasteiger partial charge in [-0.1, -0.05) is 30.3 Å². The van der Waals surface area contributed by atoms with Gasteiger partial charge in [-0.05, 0) is 81.3 Å². The van der Waals surface area contributed by atoms with Crippen LogP contribution in [0.15, 0.2) is 67.0 Å². The number of allylic oxidation sites excluding steroid dienone is 1. The van der Waals surface area contributed by atoms with E-state index in [-0.39, 0.29) is 5.88 Å². The number of nitrogens with zero attached hydrogens (tertiary/aromatic N) is 3. The molecule has 0 radical (unpaired) electrons. The molecule has 0 amide bonds. The average molecular weight is 449 g/mol. The second-order valence-corrected chi connectivity index (χ2v) is 8.31. The van der Waals surface area contributed by atoms with Gasteiger partial charge in [-0.2, -0.15) is 9.37 Å². The number of nitrogens with two attached hydrogens (primary N) is 1. The molecular formula is C26H29FN4O2. The summed E-state index contributed by atoms with van der Waals surface area (Å²) in [6.45, 7) is 2.89. The minimum Gasteiger partial charge on any atom is -0.493 e. The first kappa shape index (κ1) is 22.7. The lowest BCUT2D eigenvalue weighted by molar-refractivity contribution is 0.160. The Bertz CT molecular complexity index is 1100. The van der Waals surface area contributed by atoms with E-state index in [2.05, 4.69) is 21.9 Å². The highest BCUT2D eigenvalue weighted by atomic mass is 19.1. The maximum atomic E-state index is 14.4. The van der Waals surface area contributed by atoms with Crippen LogP contribution in [0, 0.1) is 11.7 Å². The third-order valence-corrected chi connectivity index (χ3v) is 5.73. The Kier molecular flexibility index (Phi) is 7.52. The average Bonchev–Trinajstić information content (AvgIpc) is 2.84. The minimum absolute atomic E-state index is 0.121. The molecule has 1 fully saturated rings. The Balaban J connectivity index is 1.46. The fourth-order valence-electron chi connectivity index (χ4n) is 3.78. The van der Waals surface area contributed by atoms with Crippen LogP contribution in [-0.2, 0) is 6.42 Å². The quantitative estimate of drug-likeness (QED) is 0.533. The van der Waals surface area contributed by atoms with Crippen molar-refractivity contribution in [2.45, 2.75) is 19.3 Å². The van der Waals surface area contributed by atoms with E-state index >= 15 is 0 Å². The Morgan fingerprint density at radius 2 is 1.91 bits per heavy atom. The van der Waals surface area contributed by atoms with Crippen LogP contribution in [0.5, 0.6) is 17.4 Å². The molecule has 1 aromatic heterocycles. The summed E-state index contributed by atoms with van der Waals surface area (Å²) in [6.07, 6.45) is 7.41. The molecule has 0 spiro atoms. The summed E-state index contributed by atoms with van der Waals surface area (Å²) in [5.74, 6) is 1.44. The third-order valence-electron chi connectivity index (χ3n) is 5.73. The number of aromatic nitrogens is 2. The molecule has 6 nitrogen and oxygen atoms in total. The van der Waals surface area contributed by atoms with Crippen LogP contribution in [0.2, 0.25) is 0 Å².